The van der Waals surface area contributed by atoms with E-state index in [0.29, 0.717) is 39.7 Å². The zero-order valence-corrected chi connectivity index (χ0v) is 13.7. The predicted octanol–water partition coefficient (Wildman–Crippen LogP) is 3.37. The van der Waals surface area contributed by atoms with E-state index in [1.165, 1.54) is 6.33 Å². The monoisotopic (exact) mass is 347 g/mol. The lowest BCUT2D eigenvalue weighted by atomic mass is 10.2. The zero-order valence-electron chi connectivity index (χ0n) is 13.7. The third-order valence-electron chi connectivity index (χ3n) is 3.66. The molecule has 0 unspecified atom stereocenters. The molecule has 0 atom stereocenters. The Balaban J connectivity index is 1.52. The molecule has 26 heavy (non-hydrogen) atoms. The molecule has 4 aromatic rings. The van der Waals surface area contributed by atoms with E-state index in [0.717, 1.165) is 0 Å². The predicted molar refractivity (Wildman–Crippen MR) is 93.0 cm³/mol. The number of pyridine rings is 1. The smallest absolute Gasteiger partial charge is 0.264 e. The molecule has 128 valence electrons. The highest BCUT2D eigenvalue weighted by Gasteiger charge is 2.14. The number of carbonyl (C=O) groups excluding carboxylic acids is 1. The molecule has 0 aliphatic rings. The average molecular weight is 347 g/mol. The molecular weight excluding hydrogens is 334 g/mol. The topological polar surface area (TPSA) is 103 Å². The van der Waals surface area contributed by atoms with Crippen molar-refractivity contribution in [3.05, 3.63) is 66.4 Å². The number of nitrogens with one attached hydrogen (secondary N) is 1. The number of nitrogens with zero attached hydrogens (tertiary/aromatic N) is 4. The number of amides is 1. The fraction of sp³-hybridized carbons (Fsp3) is 0.0556. The minimum absolute atomic E-state index is 0.233. The first kappa shape index (κ1) is 15.7. The van der Waals surface area contributed by atoms with Gasteiger partial charge in [0.2, 0.25) is 5.88 Å². The van der Waals surface area contributed by atoms with Crippen LogP contribution >= 0.6 is 0 Å². The number of ether oxygens (including phenoxy) is 1. The van der Waals surface area contributed by atoms with Crippen LogP contribution in [0.1, 0.15) is 16.1 Å². The van der Waals surface area contributed by atoms with Gasteiger partial charge >= 0.3 is 0 Å². The van der Waals surface area contributed by atoms with Crippen molar-refractivity contribution in [2.45, 2.75) is 6.92 Å². The van der Waals surface area contributed by atoms with E-state index >= 15 is 0 Å². The maximum Gasteiger partial charge on any atom is 0.264 e. The molecule has 0 aliphatic carbocycles. The van der Waals surface area contributed by atoms with Gasteiger partial charge in [-0.2, -0.15) is 4.98 Å². The van der Waals surface area contributed by atoms with Gasteiger partial charge in [0.15, 0.2) is 0 Å². The second kappa shape index (κ2) is 6.60. The minimum Gasteiger partial charge on any atom is -0.438 e. The summed E-state index contributed by atoms with van der Waals surface area (Å²) in [4.78, 5) is 24.3. The number of rotatable bonds is 4. The second-order valence-corrected chi connectivity index (χ2v) is 5.45. The standard InChI is InChI=1S/C18H13N5O3/c1-11-15-17(20-10-21-18(15)26-23-11)25-14-6-4-12(5-7-14)16(24)22-13-3-2-8-19-9-13/h2-10H,1H3,(H,22,24). The van der Waals surface area contributed by atoms with Gasteiger partial charge in [-0.15, -0.1) is 0 Å². The highest BCUT2D eigenvalue weighted by atomic mass is 16.5. The Hall–Kier alpha value is -3.81. The number of anilines is 1. The summed E-state index contributed by atoms with van der Waals surface area (Å²) in [5.74, 6) is 0.647. The summed E-state index contributed by atoms with van der Waals surface area (Å²) < 4.78 is 10.9. The van der Waals surface area contributed by atoms with Crippen molar-refractivity contribution in [1.29, 1.82) is 0 Å². The summed E-state index contributed by atoms with van der Waals surface area (Å²) in [6.07, 6.45) is 4.57. The Morgan fingerprint density at radius 2 is 2.00 bits per heavy atom. The van der Waals surface area contributed by atoms with Crippen LogP contribution in [0.5, 0.6) is 11.6 Å². The van der Waals surface area contributed by atoms with Crippen molar-refractivity contribution >= 4 is 22.7 Å². The summed E-state index contributed by atoms with van der Waals surface area (Å²) in [6, 6.07) is 10.2. The number of fused-ring (bicyclic) bond motifs is 1. The molecule has 3 heterocycles. The molecule has 8 nitrogen and oxygen atoms in total. The lowest BCUT2D eigenvalue weighted by molar-refractivity contribution is 0.102. The van der Waals surface area contributed by atoms with Crippen LogP contribution < -0.4 is 10.1 Å². The van der Waals surface area contributed by atoms with Crippen molar-refractivity contribution in [3.63, 3.8) is 0 Å². The Morgan fingerprint density at radius 1 is 1.15 bits per heavy atom. The van der Waals surface area contributed by atoms with E-state index < -0.39 is 0 Å². The van der Waals surface area contributed by atoms with Crippen LogP contribution in [0.2, 0.25) is 0 Å². The summed E-state index contributed by atoms with van der Waals surface area (Å²) in [7, 11) is 0. The first-order valence-corrected chi connectivity index (χ1v) is 7.77. The van der Waals surface area contributed by atoms with Crippen LogP contribution in [-0.4, -0.2) is 26.0 Å². The first-order valence-electron chi connectivity index (χ1n) is 7.77. The summed E-state index contributed by atoms with van der Waals surface area (Å²) >= 11 is 0. The van der Waals surface area contributed by atoms with Gasteiger partial charge in [-0.25, -0.2) is 4.98 Å². The molecule has 8 heteroatoms. The number of benzene rings is 1. The van der Waals surface area contributed by atoms with E-state index in [-0.39, 0.29) is 5.91 Å². The molecule has 0 radical (unpaired) electrons. The van der Waals surface area contributed by atoms with Gasteiger partial charge in [0, 0.05) is 11.8 Å². The van der Waals surface area contributed by atoms with Crippen LogP contribution in [0, 0.1) is 6.92 Å². The van der Waals surface area contributed by atoms with E-state index in [2.05, 4.69) is 25.4 Å². The van der Waals surface area contributed by atoms with E-state index in [1.54, 1.807) is 55.7 Å². The largest absolute Gasteiger partial charge is 0.438 e. The maximum atomic E-state index is 12.2. The molecule has 0 saturated carbocycles. The van der Waals surface area contributed by atoms with Gasteiger partial charge in [-0.1, -0.05) is 5.16 Å². The van der Waals surface area contributed by atoms with Crippen molar-refractivity contribution in [3.8, 4) is 11.6 Å². The van der Waals surface area contributed by atoms with Crippen LogP contribution in [0.4, 0.5) is 5.69 Å². The van der Waals surface area contributed by atoms with Gasteiger partial charge in [0.05, 0.1) is 17.6 Å². The maximum absolute atomic E-state index is 12.2. The molecule has 0 aliphatic heterocycles. The number of hydrogen-bond donors (Lipinski definition) is 1. The van der Waals surface area contributed by atoms with Crippen molar-refractivity contribution in [2.75, 3.05) is 5.32 Å². The minimum atomic E-state index is -0.233. The van der Waals surface area contributed by atoms with Crippen LogP contribution in [0.25, 0.3) is 11.1 Å². The molecule has 0 bridgehead atoms. The highest BCUT2D eigenvalue weighted by molar-refractivity contribution is 6.04. The number of aryl methyl sites for hydroxylation is 1. The Kier molecular flexibility index (Phi) is 3.98. The molecular formula is C18H13N5O3. The molecule has 0 spiro atoms. The third-order valence-corrected chi connectivity index (χ3v) is 3.66. The SMILES string of the molecule is Cc1noc2ncnc(Oc3ccc(C(=O)Nc4cccnc4)cc3)c12. The van der Waals surface area contributed by atoms with Gasteiger partial charge in [-0.05, 0) is 43.3 Å². The summed E-state index contributed by atoms with van der Waals surface area (Å²) in [5.41, 5.74) is 2.13. The van der Waals surface area contributed by atoms with Gasteiger partial charge in [0.1, 0.15) is 17.5 Å². The third kappa shape index (κ3) is 3.07. The summed E-state index contributed by atoms with van der Waals surface area (Å²) in [6.45, 7) is 1.79. The molecule has 0 saturated heterocycles. The van der Waals surface area contributed by atoms with Crippen molar-refractivity contribution < 1.29 is 14.1 Å². The lowest BCUT2D eigenvalue weighted by Crippen LogP contribution is -2.11. The number of aromatic nitrogens is 4. The normalized spacial score (nSPS) is 10.7. The molecule has 1 aromatic carbocycles. The lowest BCUT2D eigenvalue weighted by Gasteiger charge is -2.07. The second-order valence-electron chi connectivity index (χ2n) is 5.45. The van der Waals surface area contributed by atoms with Gasteiger partial charge < -0.3 is 14.6 Å². The number of carbonyl (C=O) groups is 1. The van der Waals surface area contributed by atoms with E-state index in [1.807, 2.05) is 0 Å². The first-order chi connectivity index (χ1) is 12.7. The van der Waals surface area contributed by atoms with E-state index in [4.69, 9.17) is 9.26 Å². The summed E-state index contributed by atoms with van der Waals surface area (Å²) in [5, 5.41) is 7.25. The Labute approximate surface area is 147 Å². The highest BCUT2D eigenvalue weighted by Crippen LogP contribution is 2.28. The molecule has 1 N–H and O–H groups in total. The van der Waals surface area contributed by atoms with Crippen molar-refractivity contribution in [2.24, 2.45) is 0 Å². The fourth-order valence-electron chi connectivity index (χ4n) is 2.39. The van der Waals surface area contributed by atoms with Gasteiger partial charge in [-0.3, -0.25) is 9.78 Å². The fourth-order valence-corrected chi connectivity index (χ4v) is 2.39. The molecule has 1 amide bonds. The molecule has 3 aromatic heterocycles. The quantitative estimate of drug-likeness (QED) is 0.603. The Bertz CT molecular complexity index is 1060. The zero-order chi connectivity index (χ0) is 17.9. The molecule has 4 rings (SSSR count). The average Bonchev–Trinajstić information content (AvgIpc) is 3.05. The van der Waals surface area contributed by atoms with E-state index in [9.17, 15) is 4.79 Å². The van der Waals surface area contributed by atoms with Gasteiger partial charge in [0.25, 0.3) is 11.6 Å². The van der Waals surface area contributed by atoms with Crippen LogP contribution in [-0.2, 0) is 0 Å². The van der Waals surface area contributed by atoms with Crippen LogP contribution in [0.15, 0.2) is 59.6 Å². The number of hydrogen-bond acceptors (Lipinski definition) is 7. The Morgan fingerprint density at radius 3 is 2.77 bits per heavy atom. The molecule has 0 fully saturated rings. The van der Waals surface area contributed by atoms with Crippen molar-refractivity contribution in [1.82, 2.24) is 20.1 Å². The van der Waals surface area contributed by atoms with Crippen LogP contribution in [0.3, 0.4) is 0 Å².